The molecule has 112 valence electrons. The lowest BCUT2D eigenvalue weighted by molar-refractivity contribution is -0.0191. The van der Waals surface area contributed by atoms with Crippen LogP contribution in [0.5, 0.6) is 0 Å². The lowest BCUT2D eigenvalue weighted by Gasteiger charge is -2.32. The van der Waals surface area contributed by atoms with E-state index in [1.54, 1.807) is 6.20 Å². The van der Waals surface area contributed by atoms with Crippen LogP contribution in [0.4, 0.5) is 5.69 Å². The summed E-state index contributed by atoms with van der Waals surface area (Å²) in [6, 6.07) is 7.79. The molecule has 1 aromatic carbocycles. The Labute approximate surface area is 130 Å². The molecule has 5 heteroatoms. The van der Waals surface area contributed by atoms with Gasteiger partial charge in [0.05, 0.1) is 18.2 Å². The molecule has 4 nitrogen and oxygen atoms in total. The van der Waals surface area contributed by atoms with Gasteiger partial charge in [-0.25, -0.2) is 0 Å². The zero-order valence-electron chi connectivity index (χ0n) is 12.2. The van der Waals surface area contributed by atoms with Gasteiger partial charge in [0.2, 0.25) is 0 Å². The molecule has 1 atom stereocenters. The van der Waals surface area contributed by atoms with E-state index in [-0.39, 0.29) is 6.10 Å². The van der Waals surface area contributed by atoms with Crippen LogP contribution < -0.4 is 5.32 Å². The van der Waals surface area contributed by atoms with E-state index >= 15 is 0 Å². The highest BCUT2D eigenvalue weighted by atomic mass is 35.5. The number of anilines is 1. The van der Waals surface area contributed by atoms with E-state index in [0.29, 0.717) is 5.02 Å². The Hall–Kier alpha value is -1.36. The summed E-state index contributed by atoms with van der Waals surface area (Å²) in [4.78, 5) is 6.78. The molecule has 1 unspecified atom stereocenters. The summed E-state index contributed by atoms with van der Waals surface area (Å²) in [6.07, 6.45) is 2.04. The van der Waals surface area contributed by atoms with Crippen molar-refractivity contribution in [3.63, 3.8) is 0 Å². The largest absolute Gasteiger partial charge is 0.382 e. The molecule has 1 aromatic heterocycles. The predicted molar refractivity (Wildman–Crippen MR) is 87.1 cm³/mol. The topological polar surface area (TPSA) is 37.4 Å². The number of fused-ring (bicyclic) bond motifs is 1. The van der Waals surface area contributed by atoms with Crippen molar-refractivity contribution in [3.8, 4) is 0 Å². The average Bonchev–Trinajstić information content (AvgIpc) is 2.52. The number of rotatable bonds is 4. The lowest BCUT2D eigenvalue weighted by Crippen LogP contribution is -2.45. The molecule has 0 radical (unpaired) electrons. The van der Waals surface area contributed by atoms with Crippen LogP contribution in [0.25, 0.3) is 10.9 Å². The Kier molecular flexibility index (Phi) is 4.58. The van der Waals surface area contributed by atoms with E-state index in [4.69, 9.17) is 16.3 Å². The van der Waals surface area contributed by atoms with E-state index in [0.717, 1.165) is 49.4 Å². The molecule has 1 fully saturated rings. The van der Waals surface area contributed by atoms with Gasteiger partial charge in [-0.05, 0) is 30.8 Å². The van der Waals surface area contributed by atoms with Crippen LogP contribution >= 0.6 is 11.6 Å². The molecular weight excluding hydrogens is 286 g/mol. The fourth-order valence-corrected chi connectivity index (χ4v) is 2.86. The van der Waals surface area contributed by atoms with Crippen LogP contribution in [0.3, 0.4) is 0 Å². The minimum atomic E-state index is 0.231. The smallest absolute Gasteiger partial charge is 0.0874 e. The number of nitrogens with zero attached hydrogens (tertiary/aromatic N) is 2. The van der Waals surface area contributed by atoms with E-state index in [2.05, 4.69) is 22.1 Å². The number of hydrogen-bond donors (Lipinski definition) is 1. The molecule has 1 aliphatic rings. The summed E-state index contributed by atoms with van der Waals surface area (Å²) in [7, 11) is 0. The summed E-state index contributed by atoms with van der Waals surface area (Å²) in [5.41, 5.74) is 1.99. The molecule has 0 aliphatic carbocycles. The van der Waals surface area contributed by atoms with E-state index in [1.807, 2.05) is 24.3 Å². The number of halogens is 1. The number of likely N-dealkylation sites (N-methyl/N-ethyl adjacent to an activating group) is 1. The number of pyridine rings is 1. The van der Waals surface area contributed by atoms with E-state index < -0.39 is 0 Å². The molecule has 0 bridgehead atoms. The number of nitrogens with one attached hydrogen (secondary N) is 1. The Morgan fingerprint density at radius 2 is 2.33 bits per heavy atom. The first-order valence-corrected chi connectivity index (χ1v) is 7.76. The first-order chi connectivity index (χ1) is 10.3. The Morgan fingerprint density at radius 3 is 3.19 bits per heavy atom. The molecule has 0 saturated carbocycles. The zero-order chi connectivity index (χ0) is 14.7. The van der Waals surface area contributed by atoms with Crippen molar-refractivity contribution < 1.29 is 4.74 Å². The third-order valence-electron chi connectivity index (χ3n) is 3.90. The molecular formula is C16H20ClN3O. The van der Waals surface area contributed by atoms with Crippen LogP contribution in [-0.2, 0) is 4.74 Å². The van der Waals surface area contributed by atoms with Crippen molar-refractivity contribution in [1.29, 1.82) is 0 Å². The first kappa shape index (κ1) is 14.6. The molecule has 3 rings (SSSR count). The number of morpholine rings is 1. The van der Waals surface area contributed by atoms with Gasteiger partial charge in [-0.1, -0.05) is 18.5 Å². The predicted octanol–water partition coefficient (Wildman–Crippen LogP) is 3.02. The quantitative estimate of drug-likeness (QED) is 0.942. The SMILES string of the molecule is CCN1CCOC(CNc2ccnc3cc(Cl)ccc23)C1. The maximum atomic E-state index is 6.02. The van der Waals surface area contributed by atoms with Gasteiger partial charge < -0.3 is 10.1 Å². The van der Waals surface area contributed by atoms with Gasteiger partial charge in [-0.3, -0.25) is 9.88 Å². The van der Waals surface area contributed by atoms with Crippen molar-refractivity contribution in [2.45, 2.75) is 13.0 Å². The van der Waals surface area contributed by atoms with Gasteiger partial charge in [0, 0.05) is 41.9 Å². The van der Waals surface area contributed by atoms with Crippen LogP contribution in [-0.4, -0.2) is 48.8 Å². The number of ether oxygens (including phenoxy) is 1. The maximum absolute atomic E-state index is 6.02. The summed E-state index contributed by atoms with van der Waals surface area (Å²) >= 11 is 6.02. The van der Waals surface area contributed by atoms with Crippen molar-refractivity contribution >= 4 is 28.2 Å². The van der Waals surface area contributed by atoms with Crippen LogP contribution in [0.15, 0.2) is 30.5 Å². The lowest BCUT2D eigenvalue weighted by atomic mass is 10.2. The highest BCUT2D eigenvalue weighted by Crippen LogP contribution is 2.24. The molecule has 21 heavy (non-hydrogen) atoms. The standard InChI is InChI=1S/C16H20ClN3O/c1-2-20-7-8-21-13(11-20)10-19-15-5-6-18-16-9-12(17)3-4-14(15)16/h3-6,9,13H,2,7-8,10-11H2,1H3,(H,18,19). The molecule has 1 aliphatic heterocycles. The Morgan fingerprint density at radius 1 is 1.43 bits per heavy atom. The summed E-state index contributed by atoms with van der Waals surface area (Å²) in [5, 5.41) is 5.28. The molecule has 2 aromatic rings. The molecule has 0 amide bonds. The van der Waals surface area contributed by atoms with Crippen LogP contribution in [0.1, 0.15) is 6.92 Å². The Balaban J connectivity index is 1.70. The molecule has 0 spiro atoms. The fraction of sp³-hybridized carbons (Fsp3) is 0.438. The Bertz CT molecular complexity index is 619. The highest BCUT2D eigenvalue weighted by Gasteiger charge is 2.19. The summed E-state index contributed by atoms with van der Waals surface area (Å²) < 4.78 is 5.82. The van der Waals surface area contributed by atoms with Gasteiger partial charge in [0.15, 0.2) is 0 Å². The third kappa shape index (κ3) is 3.46. The second kappa shape index (κ2) is 6.60. The van der Waals surface area contributed by atoms with E-state index in [1.165, 1.54) is 0 Å². The molecule has 2 heterocycles. The normalized spacial score (nSPS) is 19.8. The van der Waals surface area contributed by atoms with Gasteiger partial charge in [-0.15, -0.1) is 0 Å². The van der Waals surface area contributed by atoms with Crippen molar-refractivity contribution in [2.24, 2.45) is 0 Å². The second-order valence-corrected chi connectivity index (χ2v) is 5.72. The van der Waals surface area contributed by atoms with Gasteiger partial charge in [-0.2, -0.15) is 0 Å². The molecule has 1 saturated heterocycles. The number of aromatic nitrogens is 1. The number of hydrogen-bond acceptors (Lipinski definition) is 4. The van der Waals surface area contributed by atoms with Crippen LogP contribution in [0.2, 0.25) is 5.02 Å². The van der Waals surface area contributed by atoms with Crippen molar-refractivity contribution in [2.75, 3.05) is 38.1 Å². The average molecular weight is 306 g/mol. The minimum absolute atomic E-state index is 0.231. The zero-order valence-corrected chi connectivity index (χ0v) is 12.9. The monoisotopic (exact) mass is 305 g/mol. The van der Waals surface area contributed by atoms with Gasteiger partial charge >= 0.3 is 0 Å². The first-order valence-electron chi connectivity index (χ1n) is 7.38. The minimum Gasteiger partial charge on any atom is -0.382 e. The van der Waals surface area contributed by atoms with Crippen molar-refractivity contribution in [3.05, 3.63) is 35.5 Å². The van der Waals surface area contributed by atoms with Gasteiger partial charge in [0.25, 0.3) is 0 Å². The van der Waals surface area contributed by atoms with Crippen LogP contribution in [0, 0.1) is 0 Å². The summed E-state index contributed by atoms with van der Waals surface area (Å²) in [6.45, 7) is 6.90. The van der Waals surface area contributed by atoms with Gasteiger partial charge in [0.1, 0.15) is 0 Å². The molecule has 1 N–H and O–H groups in total. The van der Waals surface area contributed by atoms with E-state index in [9.17, 15) is 0 Å². The highest BCUT2D eigenvalue weighted by molar-refractivity contribution is 6.31. The summed E-state index contributed by atoms with van der Waals surface area (Å²) in [5.74, 6) is 0. The second-order valence-electron chi connectivity index (χ2n) is 5.29. The number of benzene rings is 1. The fourth-order valence-electron chi connectivity index (χ4n) is 2.69. The van der Waals surface area contributed by atoms with Crippen molar-refractivity contribution in [1.82, 2.24) is 9.88 Å². The third-order valence-corrected chi connectivity index (χ3v) is 4.13. The maximum Gasteiger partial charge on any atom is 0.0874 e.